The molecule has 0 aromatic carbocycles. The molecule has 0 aliphatic carbocycles. The maximum atomic E-state index is 5.29. The Morgan fingerprint density at radius 3 is 2.79 bits per heavy atom. The van der Waals surface area contributed by atoms with Crippen LogP contribution in [0.15, 0.2) is 12.2 Å². The van der Waals surface area contributed by atoms with Gasteiger partial charge in [-0.15, -0.1) is 0 Å². The highest BCUT2D eigenvalue weighted by Gasteiger charge is 2.10. The predicted octanol–water partition coefficient (Wildman–Crippen LogP) is 0.874. The first kappa shape index (κ1) is 11.7. The van der Waals surface area contributed by atoms with E-state index in [0.29, 0.717) is 0 Å². The molecular formula is C11H22N2O. The molecule has 0 bridgehead atoms. The van der Waals surface area contributed by atoms with E-state index in [1.807, 2.05) is 0 Å². The molecule has 3 heteroatoms. The molecule has 1 rings (SSSR count). The Hall–Kier alpha value is -0.380. The van der Waals surface area contributed by atoms with Gasteiger partial charge in [-0.3, -0.25) is 4.90 Å². The number of ether oxygens (including phenoxy) is 1. The molecule has 3 nitrogen and oxygen atoms in total. The predicted molar refractivity (Wildman–Crippen MR) is 59.6 cm³/mol. The van der Waals surface area contributed by atoms with Crippen LogP contribution in [-0.2, 0) is 4.74 Å². The minimum Gasteiger partial charge on any atom is -0.379 e. The second kappa shape index (κ2) is 6.98. The fraction of sp³-hybridized carbons (Fsp3) is 0.818. The van der Waals surface area contributed by atoms with Crippen LogP contribution in [0.3, 0.4) is 0 Å². The van der Waals surface area contributed by atoms with Crippen LogP contribution >= 0.6 is 0 Å². The summed E-state index contributed by atoms with van der Waals surface area (Å²) in [4.78, 5) is 2.40. The number of nitrogens with one attached hydrogen (secondary N) is 1. The molecule has 14 heavy (non-hydrogen) atoms. The summed E-state index contributed by atoms with van der Waals surface area (Å²) in [5, 5.41) is 3.37. The molecule has 1 saturated heterocycles. The smallest absolute Gasteiger partial charge is 0.0594 e. The van der Waals surface area contributed by atoms with Crippen molar-refractivity contribution in [3.05, 3.63) is 12.2 Å². The molecule has 1 N–H and O–H groups in total. The zero-order valence-electron chi connectivity index (χ0n) is 9.22. The maximum Gasteiger partial charge on any atom is 0.0594 e. The van der Waals surface area contributed by atoms with Gasteiger partial charge in [0.2, 0.25) is 0 Å². The molecule has 0 spiro atoms. The van der Waals surface area contributed by atoms with Crippen LogP contribution in [0, 0.1) is 0 Å². The number of morpholine rings is 1. The van der Waals surface area contributed by atoms with Gasteiger partial charge in [0.05, 0.1) is 13.2 Å². The zero-order chi connectivity index (χ0) is 10.2. The van der Waals surface area contributed by atoms with Crippen molar-refractivity contribution < 1.29 is 4.74 Å². The van der Waals surface area contributed by atoms with Gasteiger partial charge < -0.3 is 10.1 Å². The highest BCUT2D eigenvalue weighted by molar-refractivity contribution is 4.99. The Labute approximate surface area is 87.1 Å². The van der Waals surface area contributed by atoms with Crippen LogP contribution in [0.5, 0.6) is 0 Å². The first-order valence-corrected chi connectivity index (χ1v) is 5.50. The topological polar surface area (TPSA) is 24.5 Å². The van der Waals surface area contributed by atoms with E-state index in [1.54, 1.807) is 0 Å². The minimum absolute atomic E-state index is 0.871. The average Bonchev–Trinajstić information content (AvgIpc) is 2.20. The SMILES string of the molecule is C=C(CNCCC)CN1CCOCC1. The van der Waals surface area contributed by atoms with E-state index in [9.17, 15) is 0 Å². The Morgan fingerprint density at radius 2 is 2.14 bits per heavy atom. The molecule has 0 unspecified atom stereocenters. The van der Waals surface area contributed by atoms with Crippen molar-refractivity contribution in [2.75, 3.05) is 45.9 Å². The van der Waals surface area contributed by atoms with E-state index in [-0.39, 0.29) is 0 Å². The molecule has 0 radical (unpaired) electrons. The van der Waals surface area contributed by atoms with Crippen molar-refractivity contribution in [1.29, 1.82) is 0 Å². The Morgan fingerprint density at radius 1 is 1.43 bits per heavy atom. The number of hydrogen-bond donors (Lipinski definition) is 1. The van der Waals surface area contributed by atoms with E-state index in [2.05, 4.69) is 23.7 Å². The molecule has 0 atom stereocenters. The highest BCUT2D eigenvalue weighted by atomic mass is 16.5. The summed E-state index contributed by atoms with van der Waals surface area (Å²) in [6, 6.07) is 0. The number of hydrogen-bond acceptors (Lipinski definition) is 3. The van der Waals surface area contributed by atoms with Crippen LogP contribution in [0.4, 0.5) is 0 Å². The fourth-order valence-electron chi connectivity index (χ4n) is 1.57. The van der Waals surface area contributed by atoms with Crippen LogP contribution in [0.25, 0.3) is 0 Å². The molecule has 1 fully saturated rings. The third-order valence-electron chi connectivity index (χ3n) is 2.35. The van der Waals surface area contributed by atoms with Crippen molar-refractivity contribution in [3.63, 3.8) is 0 Å². The van der Waals surface area contributed by atoms with Gasteiger partial charge in [0.1, 0.15) is 0 Å². The lowest BCUT2D eigenvalue weighted by atomic mass is 10.2. The highest BCUT2D eigenvalue weighted by Crippen LogP contribution is 2.00. The van der Waals surface area contributed by atoms with Crippen LogP contribution < -0.4 is 5.32 Å². The largest absolute Gasteiger partial charge is 0.379 e. The lowest BCUT2D eigenvalue weighted by Crippen LogP contribution is -2.38. The van der Waals surface area contributed by atoms with Gasteiger partial charge in [-0.25, -0.2) is 0 Å². The summed E-state index contributed by atoms with van der Waals surface area (Å²) < 4.78 is 5.29. The van der Waals surface area contributed by atoms with Crippen molar-refractivity contribution >= 4 is 0 Å². The van der Waals surface area contributed by atoms with E-state index in [0.717, 1.165) is 45.9 Å². The molecule has 0 aromatic rings. The van der Waals surface area contributed by atoms with E-state index < -0.39 is 0 Å². The van der Waals surface area contributed by atoms with Crippen molar-refractivity contribution in [2.45, 2.75) is 13.3 Å². The van der Waals surface area contributed by atoms with E-state index in [4.69, 9.17) is 4.74 Å². The van der Waals surface area contributed by atoms with Gasteiger partial charge in [0, 0.05) is 26.2 Å². The standard InChI is InChI=1S/C11H22N2O/c1-3-4-12-9-11(2)10-13-5-7-14-8-6-13/h12H,2-10H2,1H3. The lowest BCUT2D eigenvalue weighted by molar-refractivity contribution is 0.0421. The summed E-state index contributed by atoms with van der Waals surface area (Å²) in [7, 11) is 0. The summed E-state index contributed by atoms with van der Waals surface area (Å²) in [5.74, 6) is 0. The Kier molecular flexibility index (Phi) is 5.83. The molecule has 0 saturated carbocycles. The maximum absolute atomic E-state index is 5.29. The number of rotatable bonds is 6. The molecule has 1 aliphatic rings. The van der Waals surface area contributed by atoms with Crippen molar-refractivity contribution in [2.24, 2.45) is 0 Å². The molecule has 1 aliphatic heterocycles. The molecule has 0 amide bonds. The Balaban J connectivity index is 2.06. The quantitative estimate of drug-likeness (QED) is 0.506. The second-order valence-electron chi connectivity index (χ2n) is 3.82. The molecule has 1 heterocycles. The second-order valence-corrected chi connectivity index (χ2v) is 3.82. The monoisotopic (exact) mass is 198 g/mol. The first-order valence-electron chi connectivity index (χ1n) is 5.50. The molecular weight excluding hydrogens is 176 g/mol. The number of nitrogens with zero attached hydrogens (tertiary/aromatic N) is 1. The van der Waals surface area contributed by atoms with E-state index >= 15 is 0 Å². The zero-order valence-corrected chi connectivity index (χ0v) is 9.22. The summed E-state index contributed by atoms with van der Waals surface area (Å²) in [6.07, 6.45) is 1.19. The van der Waals surface area contributed by atoms with Gasteiger partial charge in [0.15, 0.2) is 0 Å². The average molecular weight is 198 g/mol. The minimum atomic E-state index is 0.871. The summed E-state index contributed by atoms with van der Waals surface area (Å²) >= 11 is 0. The van der Waals surface area contributed by atoms with Crippen LogP contribution in [0.2, 0.25) is 0 Å². The van der Waals surface area contributed by atoms with Gasteiger partial charge in [0.25, 0.3) is 0 Å². The van der Waals surface area contributed by atoms with E-state index in [1.165, 1.54) is 12.0 Å². The fourth-order valence-corrected chi connectivity index (χ4v) is 1.57. The van der Waals surface area contributed by atoms with Gasteiger partial charge in [-0.05, 0) is 18.5 Å². The third-order valence-corrected chi connectivity index (χ3v) is 2.35. The third kappa shape index (κ3) is 4.74. The Bertz CT molecular complexity index is 165. The first-order chi connectivity index (χ1) is 6.83. The summed E-state index contributed by atoms with van der Waals surface area (Å²) in [6.45, 7) is 13.1. The van der Waals surface area contributed by atoms with Gasteiger partial charge in [-0.1, -0.05) is 13.5 Å². The van der Waals surface area contributed by atoms with Crippen molar-refractivity contribution in [3.8, 4) is 0 Å². The molecule has 0 aromatic heterocycles. The molecule has 82 valence electrons. The summed E-state index contributed by atoms with van der Waals surface area (Å²) in [5.41, 5.74) is 1.28. The van der Waals surface area contributed by atoms with Crippen LogP contribution in [0.1, 0.15) is 13.3 Å². The normalized spacial score (nSPS) is 18.4. The van der Waals surface area contributed by atoms with Crippen LogP contribution in [-0.4, -0.2) is 50.8 Å². The lowest BCUT2D eigenvalue weighted by Gasteiger charge is -2.27. The van der Waals surface area contributed by atoms with Gasteiger partial charge >= 0.3 is 0 Å². The van der Waals surface area contributed by atoms with Gasteiger partial charge in [-0.2, -0.15) is 0 Å². The van der Waals surface area contributed by atoms with Crippen molar-refractivity contribution in [1.82, 2.24) is 10.2 Å².